The third kappa shape index (κ3) is 3.46. The number of halogens is 1. The average Bonchev–Trinajstić information content (AvgIpc) is 2.92. The molecule has 2 nitrogen and oxygen atoms in total. The number of hydrogen-bond acceptors (Lipinski definition) is 2. The van der Waals surface area contributed by atoms with Crippen LogP contribution in [0.15, 0.2) is 24.3 Å². The third-order valence-electron chi connectivity index (χ3n) is 4.68. The molecule has 3 heteroatoms. The van der Waals surface area contributed by atoms with Crippen LogP contribution in [0.3, 0.4) is 0 Å². The molecule has 2 unspecified atom stereocenters. The monoisotopic (exact) mass is 292 g/mol. The van der Waals surface area contributed by atoms with Crippen molar-refractivity contribution in [2.24, 2.45) is 11.7 Å². The fourth-order valence-corrected chi connectivity index (χ4v) is 3.94. The second-order valence-electron chi connectivity index (χ2n) is 6.79. The Morgan fingerprint density at radius 3 is 2.38 bits per heavy atom. The SMILES string of the molecule is CCC(N1CCCC1)C(N)(CC(C)C)c1ccccc1F. The average molecular weight is 292 g/mol. The van der Waals surface area contributed by atoms with Gasteiger partial charge in [-0.3, -0.25) is 4.90 Å². The standard InChI is InChI=1S/C18H29FN2/c1-4-17(21-11-7-8-12-21)18(20,13-14(2)3)15-9-5-6-10-16(15)19/h5-6,9-10,14,17H,4,7-8,11-13,20H2,1-3H3. The number of likely N-dealkylation sites (tertiary alicyclic amines) is 1. The molecule has 1 aromatic carbocycles. The maximum Gasteiger partial charge on any atom is 0.128 e. The van der Waals surface area contributed by atoms with E-state index in [4.69, 9.17) is 5.73 Å². The van der Waals surface area contributed by atoms with Gasteiger partial charge in [0.05, 0.1) is 5.54 Å². The van der Waals surface area contributed by atoms with Crippen molar-refractivity contribution in [2.75, 3.05) is 13.1 Å². The number of rotatable bonds is 6. The first-order chi connectivity index (χ1) is 9.99. The van der Waals surface area contributed by atoms with Gasteiger partial charge in [-0.1, -0.05) is 39.0 Å². The van der Waals surface area contributed by atoms with Crippen LogP contribution in [0.1, 0.15) is 52.0 Å². The molecule has 2 N–H and O–H groups in total. The van der Waals surface area contributed by atoms with Gasteiger partial charge in [0.25, 0.3) is 0 Å². The molecule has 0 aliphatic carbocycles. The van der Waals surface area contributed by atoms with Crippen LogP contribution in [-0.4, -0.2) is 24.0 Å². The summed E-state index contributed by atoms with van der Waals surface area (Å²) in [6.07, 6.45) is 4.22. The number of nitrogens with zero attached hydrogens (tertiary/aromatic N) is 1. The van der Waals surface area contributed by atoms with Gasteiger partial charge >= 0.3 is 0 Å². The lowest BCUT2D eigenvalue weighted by molar-refractivity contribution is 0.119. The lowest BCUT2D eigenvalue weighted by atomic mass is 9.75. The maximum atomic E-state index is 14.4. The predicted molar refractivity (Wildman–Crippen MR) is 86.6 cm³/mol. The Morgan fingerprint density at radius 2 is 1.86 bits per heavy atom. The molecule has 0 aromatic heterocycles. The number of benzene rings is 1. The largest absolute Gasteiger partial charge is 0.320 e. The highest BCUT2D eigenvalue weighted by Gasteiger charge is 2.41. The van der Waals surface area contributed by atoms with E-state index < -0.39 is 5.54 Å². The van der Waals surface area contributed by atoms with Gasteiger partial charge in [-0.2, -0.15) is 0 Å². The van der Waals surface area contributed by atoms with Gasteiger partial charge < -0.3 is 5.73 Å². The molecular formula is C18H29FN2. The number of hydrogen-bond donors (Lipinski definition) is 1. The minimum absolute atomic E-state index is 0.168. The molecule has 0 bridgehead atoms. The third-order valence-corrected chi connectivity index (χ3v) is 4.68. The zero-order chi connectivity index (χ0) is 15.5. The molecule has 2 atom stereocenters. The van der Waals surface area contributed by atoms with E-state index in [9.17, 15) is 4.39 Å². The van der Waals surface area contributed by atoms with Crippen LogP contribution in [0.4, 0.5) is 4.39 Å². The van der Waals surface area contributed by atoms with E-state index in [1.807, 2.05) is 12.1 Å². The van der Waals surface area contributed by atoms with Crippen LogP contribution in [0.2, 0.25) is 0 Å². The van der Waals surface area contributed by atoms with Crippen molar-refractivity contribution < 1.29 is 4.39 Å². The lowest BCUT2D eigenvalue weighted by Crippen LogP contribution is -2.56. The molecule has 1 saturated heterocycles. The first-order valence-corrected chi connectivity index (χ1v) is 8.27. The summed E-state index contributed by atoms with van der Waals surface area (Å²) in [7, 11) is 0. The molecule has 0 amide bonds. The Morgan fingerprint density at radius 1 is 1.24 bits per heavy atom. The molecule has 21 heavy (non-hydrogen) atoms. The van der Waals surface area contributed by atoms with Gasteiger partial charge in [0.2, 0.25) is 0 Å². The lowest BCUT2D eigenvalue weighted by Gasteiger charge is -2.44. The summed E-state index contributed by atoms with van der Waals surface area (Å²) in [5.74, 6) is 0.268. The molecule has 118 valence electrons. The van der Waals surface area contributed by atoms with E-state index in [0.29, 0.717) is 11.5 Å². The highest BCUT2D eigenvalue weighted by atomic mass is 19.1. The van der Waals surface area contributed by atoms with Crippen LogP contribution in [0.5, 0.6) is 0 Å². The first kappa shape index (κ1) is 16.4. The first-order valence-electron chi connectivity index (χ1n) is 8.27. The smallest absolute Gasteiger partial charge is 0.128 e. The van der Waals surface area contributed by atoms with E-state index in [1.165, 1.54) is 18.9 Å². The van der Waals surface area contributed by atoms with Crippen LogP contribution in [0.25, 0.3) is 0 Å². The molecule has 1 aliphatic heterocycles. The Balaban J connectivity index is 2.42. The molecule has 0 radical (unpaired) electrons. The van der Waals surface area contributed by atoms with E-state index in [1.54, 1.807) is 6.07 Å². The van der Waals surface area contributed by atoms with E-state index >= 15 is 0 Å². The highest BCUT2D eigenvalue weighted by molar-refractivity contribution is 5.28. The minimum atomic E-state index is -0.612. The summed E-state index contributed by atoms with van der Waals surface area (Å²) in [5, 5.41) is 0. The quantitative estimate of drug-likeness (QED) is 0.861. The summed E-state index contributed by atoms with van der Waals surface area (Å²) in [6.45, 7) is 8.68. The summed E-state index contributed by atoms with van der Waals surface area (Å²) in [5.41, 5.74) is 6.94. The van der Waals surface area contributed by atoms with Crippen LogP contribution in [0, 0.1) is 11.7 Å². The van der Waals surface area contributed by atoms with Gasteiger partial charge in [-0.15, -0.1) is 0 Å². The van der Waals surface area contributed by atoms with Crippen molar-refractivity contribution in [3.05, 3.63) is 35.6 Å². The van der Waals surface area contributed by atoms with Crippen molar-refractivity contribution in [3.8, 4) is 0 Å². The predicted octanol–water partition coefficient (Wildman–Crippen LogP) is 3.90. The van der Waals surface area contributed by atoms with Gasteiger partial charge in [0.15, 0.2) is 0 Å². The van der Waals surface area contributed by atoms with Gasteiger partial charge in [-0.25, -0.2) is 4.39 Å². The molecule has 0 saturated carbocycles. The summed E-state index contributed by atoms with van der Waals surface area (Å²) >= 11 is 0. The minimum Gasteiger partial charge on any atom is -0.320 e. The molecular weight excluding hydrogens is 263 g/mol. The second-order valence-corrected chi connectivity index (χ2v) is 6.79. The summed E-state index contributed by atoms with van der Waals surface area (Å²) in [4.78, 5) is 2.47. The zero-order valence-electron chi connectivity index (χ0n) is 13.6. The van der Waals surface area contributed by atoms with Crippen molar-refractivity contribution in [1.29, 1.82) is 0 Å². The van der Waals surface area contributed by atoms with Crippen LogP contribution < -0.4 is 5.73 Å². The molecule has 1 aromatic rings. The second kappa shape index (κ2) is 6.89. The van der Waals surface area contributed by atoms with Gasteiger partial charge in [0.1, 0.15) is 5.82 Å². The molecule has 1 heterocycles. The van der Waals surface area contributed by atoms with Crippen LogP contribution in [-0.2, 0) is 5.54 Å². The molecule has 2 rings (SSSR count). The maximum absolute atomic E-state index is 14.4. The Kier molecular flexibility index (Phi) is 5.39. The Bertz CT molecular complexity index is 454. The molecule has 1 fully saturated rings. The fourth-order valence-electron chi connectivity index (χ4n) is 3.94. The molecule has 0 spiro atoms. The van der Waals surface area contributed by atoms with E-state index in [2.05, 4.69) is 25.7 Å². The Labute approximate surface area is 128 Å². The topological polar surface area (TPSA) is 29.3 Å². The van der Waals surface area contributed by atoms with Crippen molar-refractivity contribution in [2.45, 2.75) is 58.0 Å². The zero-order valence-corrected chi connectivity index (χ0v) is 13.6. The van der Waals surface area contributed by atoms with Crippen molar-refractivity contribution in [1.82, 2.24) is 4.90 Å². The van der Waals surface area contributed by atoms with Crippen molar-refractivity contribution in [3.63, 3.8) is 0 Å². The normalized spacial score (nSPS) is 20.7. The number of nitrogens with two attached hydrogens (primary N) is 1. The summed E-state index contributed by atoms with van der Waals surface area (Å²) < 4.78 is 14.4. The highest BCUT2D eigenvalue weighted by Crippen LogP contribution is 2.36. The fraction of sp³-hybridized carbons (Fsp3) is 0.667. The van der Waals surface area contributed by atoms with Gasteiger partial charge in [0, 0.05) is 11.6 Å². The van der Waals surface area contributed by atoms with Crippen LogP contribution >= 0.6 is 0 Å². The summed E-state index contributed by atoms with van der Waals surface area (Å²) in [6, 6.07) is 7.26. The van der Waals surface area contributed by atoms with E-state index in [-0.39, 0.29) is 11.9 Å². The van der Waals surface area contributed by atoms with Gasteiger partial charge in [-0.05, 0) is 50.8 Å². The molecule has 1 aliphatic rings. The van der Waals surface area contributed by atoms with E-state index in [0.717, 1.165) is 25.9 Å². The van der Waals surface area contributed by atoms with Crippen molar-refractivity contribution >= 4 is 0 Å². The Hall–Kier alpha value is -0.930.